The zero-order valence-corrected chi connectivity index (χ0v) is 16.7. The summed E-state index contributed by atoms with van der Waals surface area (Å²) in [6, 6.07) is 12.5. The highest BCUT2D eigenvalue weighted by Crippen LogP contribution is 2.25. The van der Waals surface area contributed by atoms with E-state index in [9.17, 15) is 9.59 Å². The standard InChI is InChI=1S/C21H24N4O4/c1-4-25-14(2)22-16-13-15(9-10-17(16)25)21(27)24-23-20(26)11-12-29-19-8-6-5-7-18(19)28-3/h5-10,13H,4,11-12H2,1-3H3,(H,23,26)(H,24,27). The monoisotopic (exact) mass is 396 g/mol. The van der Waals surface area contributed by atoms with E-state index in [0.29, 0.717) is 17.1 Å². The molecule has 2 amide bonds. The second-order valence-corrected chi connectivity index (χ2v) is 6.36. The van der Waals surface area contributed by atoms with Crippen molar-refractivity contribution in [2.24, 2.45) is 0 Å². The Morgan fingerprint density at radius 3 is 2.59 bits per heavy atom. The van der Waals surface area contributed by atoms with Crippen molar-refractivity contribution in [1.29, 1.82) is 0 Å². The zero-order chi connectivity index (χ0) is 20.8. The third kappa shape index (κ3) is 4.66. The van der Waals surface area contributed by atoms with Gasteiger partial charge in [0.15, 0.2) is 11.5 Å². The number of nitrogens with one attached hydrogen (secondary N) is 2. The number of imidazole rings is 1. The Hall–Kier alpha value is -3.55. The van der Waals surface area contributed by atoms with Gasteiger partial charge in [0.1, 0.15) is 5.82 Å². The highest BCUT2D eigenvalue weighted by atomic mass is 16.5. The topological polar surface area (TPSA) is 94.5 Å². The molecule has 0 aliphatic heterocycles. The summed E-state index contributed by atoms with van der Waals surface area (Å²) in [7, 11) is 1.55. The van der Waals surface area contributed by atoms with Crippen molar-refractivity contribution in [2.75, 3.05) is 13.7 Å². The molecule has 3 aromatic rings. The van der Waals surface area contributed by atoms with Crippen LogP contribution < -0.4 is 20.3 Å². The van der Waals surface area contributed by atoms with Gasteiger partial charge >= 0.3 is 0 Å². The molecule has 0 unspecified atom stereocenters. The largest absolute Gasteiger partial charge is 0.493 e. The summed E-state index contributed by atoms with van der Waals surface area (Å²) in [6.45, 7) is 4.93. The van der Waals surface area contributed by atoms with Crippen molar-refractivity contribution in [3.05, 3.63) is 53.9 Å². The first kappa shape index (κ1) is 20.2. The van der Waals surface area contributed by atoms with E-state index in [4.69, 9.17) is 9.47 Å². The number of carbonyl (C=O) groups excluding carboxylic acids is 2. The van der Waals surface area contributed by atoms with Crippen LogP contribution in [0.1, 0.15) is 29.5 Å². The second-order valence-electron chi connectivity index (χ2n) is 6.36. The Morgan fingerprint density at radius 2 is 1.86 bits per heavy atom. The molecule has 0 spiro atoms. The van der Waals surface area contributed by atoms with Crippen LogP contribution in [-0.4, -0.2) is 35.1 Å². The molecule has 0 aliphatic rings. The SMILES string of the molecule is CCn1c(C)nc2cc(C(=O)NNC(=O)CCOc3ccccc3OC)ccc21. The molecule has 0 saturated carbocycles. The van der Waals surface area contributed by atoms with Crippen LogP contribution in [0, 0.1) is 6.92 Å². The average molecular weight is 396 g/mol. The zero-order valence-electron chi connectivity index (χ0n) is 16.7. The van der Waals surface area contributed by atoms with Crippen molar-refractivity contribution in [3.8, 4) is 11.5 Å². The average Bonchev–Trinajstić information content (AvgIpc) is 3.06. The van der Waals surface area contributed by atoms with Crippen LogP contribution in [-0.2, 0) is 11.3 Å². The Balaban J connectivity index is 1.51. The lowest BCUT2D eigenvalue weighted by Crippen LogP contribution is -2.42. The summed E-state index contributed by atoms with van der Waals surface area (Å²) >= 11 is 0. The molecule has 29 heavy (non-hydrogen) atoms. The van der Waals surface area contributed by atoms with Gasteiger partial charge in [-0.25, -0.2) is 4.98 Å². The number of ether oxygens (including phenoxy) is 2. The summed E-state index contributed by atoms with van der Waals surface area (Å²) in [6.07, 6.45) is 0.0808. The molecule has 3 rings (SSSR count). The van der Waals surface area contributed by atoms with Crippen molar-refractivity contribution in [3.63, 3.8) is 0 Å². The Bertz CT molecular complexity index is 1030. The maximum Gasteiger partial charge on any atom is 0.269 e. The van der Waals surface area contributed by atoms with Crippen molar-refractivity contribution >= 4 is 22.8 Å². The van der Waals surface area contributed by atoms with E-state index < -0.39 is 5.91 Å². The normalized spacial score (nSPS) is 10.6. The van der Waals surface area contributed by atoms with E-state index in [1.807, 2.05) is 32.0 Å². The van der Waals surface area contributed by atoms with Crippen LogP contribution in [0.15, 0.2) is 42.5 Å². The number of rotatable bonds is 7. The molecule has 152 valence electrons. The van der Waals surface area contributed by atoms with Gasteiger partial charge in [-0.15, -0.1) is 0 Å². The summed E-state index contributed by atoms with van der Waals surface area (Å²) < 4.78 is 12.8. The molecule has 0 bridgehead atoms. The molecule has 0 saturated heterocycles. The predicted molar refractivity (Wildman–Crippen MR) is 109 cm³/mol. The fourth-order valence-electron chi connectivity index (χ4n) is 3.04. The quantitative estimate of drug-likeness (QED) is 0.599. The van der Waals surface area contributed by atoms with Gasteiger partial charge in [0.2, 0.25) is 5.91 Å². The molecule has 8 heteroatoms. The van der Waals surface area contributed by atoms with Gasteiger partial charge in [-0.1, -0.05) is 12.1 Å². The van der Waals surface area contributed by atoms with Gasteiger partial charge in [-0.3, -0.25) is 20.4 Å². The second kappa shape index (κ2) is 9.09. The molecular weight excluding hydrogens is 372 g/mol. The lowest BCUT2D eigenvalue weighted by atomic mass is 10.2. The smallest absolute Gasteiger partial charge is 0.269 e. The number of hydrogen-bond acceptors (Lipinski definition) is 5. The number of hydrazine groups is 1. The number of aryl methyl sites for hydroxylation is 2. The first-order chi connectivity index (χ1) is 14.0. The number of aromatic nitrogens is 2. The number of para-hydroxylation sites is 2. The van der Waals surface area contributed by atoms with Crippen molar-refractivity contribution in [2.45, 2.75) is 26.8 Å². The van der Waals surface area contributed by atoms with E-state index in [0.717, 1.165) is 23.4 Å². The number of amides is 2. The number of nitrogens with zero attached hydrogens (tertiary/aromatic N) is 2. The Labute approximate surface area is 168 Å². The van der Waals surface area contributed by atoms with Gasteiger partial charge in [0.05, 0.1) is 31.2 Å². The lowest BCUT2D eigenvalue weighted by Gasteiger charge is -2.11. The first-order valence-corrected chi connectivity index (χ1v) is 9.35. The Morgan fingerprint density at radius 1 is 1.10 bits per heavy atom. The molecule has 2 N–H and O–H groups in total. The van der Waals surface area contributed by atoms with Crippen LogP contribution in [0.3, 0.4) is 0 Å². The molecule has 0 fully saturated rings. The van der Waals surface area contributed by atoms with E-state index in [2.05, 4.69) is 20.4 Å². The molecule has 1 heterocycles. The number of benzene rings is 2. The molecule has 2 aromatic carbocycles. The van der Waals surface area contributed by atoms with Gasteiger partial charge < -0.3 is 14.0 Å². The predicted octanol–water partition coefficient (Wildman–Crippen LogP) is 2.60. The van der Waals surface area contributed by atoms with Crippen LogP contribution in [0.5, 0.6) is 11.5 Å². The molecule has 1 aromatic heterocycles. The maximum absolute atomic E-state index is 12.3. The maximum atomic E-state index is 12.3. The number of hydrogen-bond donors (Lipinski definition) is 2. The molecule has 0 radical (unpaired) electrons. The lowest BCUT2D eigenvalue weighted by molar-refractivity contribution is -0.122. The molecule has 0 atom stereocenters. The third-order valence-electron chi connectivity index (χ3n) is 4.49. The van der Waals surface area contributed by atoms with Gasteiger partial charge in [0.25, 0.3) is 5.91 Å². The van der Waals surface area contributed by atoms with Crippen LogP contribution in [0.4, 0.5) is 0 Å². The first-order valence-electron chi connectivity index (χ1n) is 9.35. The minimum atomic E-state index is -0.408. The summed E-state index contributed by atoms with van der Waals surface area (Å²) in [5.74, 6) is 1.28. The Kier molecular flexibility index (Phi) is 6.33. The highest BCUT2D eigenvalue weighted by Gasteiger charge is 2.12. The van der Waals surface area contributed by atoms with Crippen LogP contribution in [0.2, 0.25) is 0 Å². The van der Waals surface area contributed by atoms with Crippen LogP contribution >= 0.6 is 0 Å². The van der Waals surface area contributed by atoms with Gasteiger partial charge in [0, 0.05) is 12.1 Å². The summed E-state index contributed by atoms with van der Waals surface area (Å²) in [5.41, 5.74) is 6.95. The summed E-state index contributed by atoms with van der Waals surface area (Å²) in [4.78, 5) is 28.8. The van der Waals surface area contributed by atoms with E-state index in [1.54, 1.807) is 31.4 Å². The minimum absolute atomic E-state index is 0.0808. The number of carbonyl (C=O) groups is 2. The van der Waals surface area contributed by atoms with Gasteiger partial charge in [-0.05, 0) is 44.2 Å². The van der Waals surface area contributed by atoms with E-state index in [1.165, 1.54) is 0 Å². The van der Waals surface area contributed by atoms with E-state index in [-0.39, 0.29) is 18.9 Å². The number of fused-ring (bicyclic) bond motifs is 1. The van der Waals surface area contributed by atoms with E-state index >= 15 is 0 Å². The van der Waals surface area contributed by atoms with Crippen molar-refractivity contribution < 1.29 is 19.1 Å². The van der Waals surface area contributed by atoms with Gasteiger partial charge in [-0.2, -0.15) is 0 Å². The number of methoxy groups -OCH3 is 1. The highest BCUT2D eigenvalue weighted by molar-refractivity contribution is 5.98. The van der Waals surface area contributed by atoms with Crippen molar-refractivity contribution in [1.82, 2.24) is 20.4 Å². The summed E-state index contributed by atoms with van der Waals surface area (Å²) in [5, 5.41) is 0. The third-order valence-corrected chi connectivity index (χ3v) is 4.49. The molecule has 8 nitrogen and oxygen atoms in total. The minimum Gasteiger partial charge on any atom is -0.493 e. The fourth-order valence-corrected chi connectivity index (χ4v) is 3.04. The molecule has 0 aliphatic carbocycles. The molecular formula is C21H24N4O4. The fraction of sp³-hybridized carbons (Fsp3) is 0.286. The van der Waals surface area contributed by atoms with Crippen LogP contribution in [0.25, 0.3) is 11.0 Å².